The van der Waals surface area contributed by atoms with Crippen LogP contribution in [0.15, 0.2) is 24.3 Å². The normalized spacial score (nSPS) is 14.0. The van der Waals surface area contributed by atoms with Crippen molar-refractivity contribution < 1.29 is 4.74 Å². The van der Waals surface area contributed by atoms with Crippen molar-refractivity contribution in [3.63, 3.8) is 0 Å². The summed E-state index contributed by atoms with van der Waals surface area (Å²) in [5.41, 5.74) is 11.4. The van der Waals surface area contributed by atoms with Gasteiger partial charge in [-0.2, -0.15) is 5.10 Å². The first-order valence-corrected chi connectivity index (χ1v) is 5.74. The van der Waals surface area contributed by atoms with E-state index in [-0.39, 0.29) is 0 Å². The molecule has 0 saturated heterocycles. The molecular weight excluding hydrogens is 214 g/mol. The molecule has 0 amide bonds. The van der Waals surface area contributed by atoms with E-state index >= 15 is 0 Å². The molecule has 2 N–H and O–H groups in total. The Kier molecular flexibility index (Phi) is 2.46. The van der Waals surface area contributed by atoms with Gasteiger partial charge in [0, 0.05) is 12.1 Å². The smallest absolute Gasteiger partial charge is 0.0945 e. The summed E-state index contributed by atoms with van der Waals surface area (Å²) < 4.78 is 7.35. The molecule has 1 aromatic carbocycles. The van der Waals surface area contributed by atoms with E-state index in [0.29, 0.717) is 19.8 Å². The van der Waals surface area contributed by atoms with Gasteiger partial charge >= 0.3 is 0 Å². The van der Waals surface area contributed by atoms with Gasteiger partial charge < -0.3 is 10.5 Å². The SMILES string of the molecule is Cc1ccccc1-n1nc2c(c1CN)COC2. The number of rotatable bonds is 2. The zero-order chi connectivity index (χ0) is 11.8. The van der Waals surface area contributed by atoms with E-state index in [1.807, 2.05) is 16.8 Å². The summed E-state index contributed by atoms with van der Waals surface area (Å²) in [6.07, 6.45) is 0. The molecule has 0 atom stereocenters. The molecule has 1 aromatic heterocycles. The van der Waals surface area contributed by atoms with Crippen molar-refractivity contribution in [3.05, 3.63) is 46.8 Å². The zero-order valence-electron chi connectivity index (χ0n) is 9.81. The van der Waals surface area contributed by atoms with E-state index < -0.39 is 0 Å². The predicted molar refractivity (Wildman–Crippen MR) is 64.7 cm³/mol. The van der Waals surface area contributed by atoms with Crippen LogP contribution in [0.2, 0.25) is 0 Å². The minimum atomic E-state index is 0.486. The largest absolute Gasteiger partial charge is 0.370 e. The molecule has 2 aromatic rings. The molecule has 0 spiro atoms. The summed E-state index contributed by atoms with van der Waals surface area (Å²) >= 11 is 0. The Morgan fingerprint density at radius 2 is 2.18 bits per heavy atom. The Morgan fingerprint density at radius 3 is 2.94 bits per heavy atom. The molecule has 2 heterocycles. The van der Waals surface area contributed by atoms with E-state index in [1.165, 1.54) is 5.56 Å². The molecule has 1 aliphatic heterocycles. The van der Waals surface area contributed by atoms with Crippen LogP contribution in [0, 0.1) is 6.92 Å². The standard InChI is InChI=1S/C13H15N3O/c1-9-4-2-3-5-12(9)16-13(6-14)10-7-17-8-11(10)15-16/h2-5H,6-8,14H2,1H3. The minimum absolute atomic E-state index is 0.486. The van der Waals surface area contributed by atoms with Crippen molar-refractivity contribution in [2.24, 2.45) is 5.73 Å². The number of nitrogens with two attached hydrogens (primary N) is 1. The van der Waals surface area contributed by atoms with E-state index in [0.717, 1.165) is 22.6 Å². The molecule has 4 nitrogen and oxygen atoms in total. The highest BCUT2D eigenvalue weighted by Gasteiger charge is 2.22. The van der Waals surface area contributed by atoms with Crippen LogP contribution in [0.5, 0.6) is 0 Å². The van der Waals surface area contributed by atoms with Gasteiger partial charge in [-0.25, -0.2) is 4.68 Å². The van der Waals surface area contributed by atoms with Gasteiger partial charge in [-0.15, -0.1) is 0 Å². The molecule has 4 heteroatoms. The van der Waals surface area contributed by atoms with E-state index in [4.69, 9.17) is 10.5 Å². The second-order valence-electron chi connectivity index (χ2n) is 4.27. The fraction of sp³-hybridized carbons (Fsp3) is 0.308. The lowest BCUT2D eigenvalue weighted by Gasteiger charge is -2.10. The van der Waals surface area contributed by atoms with Gasteiger partial charge in [0.25, 0.3) is 0 Å². The molecular formula is C13H15N3O. The number of aryl methyl sites for hydroxylation is 1. The second-order valence-corrected chi connectivity index (χ2v) is 4.27. The maximum Gasteiger partial charge on any atom is 0.0945 e. The maximum absolute atomic E-state index is 5.84. The molecule has 0 radical (unpaired) electrons. The summed E-state index contributed by atoms with van der Waals surface area (Å²) in [4.78, 5) is 0. The number of ether oxygens (including phenoxy) is 1. The number of para-hydroxylation sites is 1. The Hall–Kier alpha value is -1.65. The second kappa shape index (κ2) is 3.98. The van der Waals surface area contributed by atoms with Crippen molar-refractivity contribution in [2.75, 3.05) is 0 Å². The van der Waals surface area contributed by atoms with Crippen LogP contribution in [0.3, 0.4) is 0 Å². The highest BCUT2D eigenvalue weighted by Crippen LogP contribution is 2.26. The van der Waals surface area contributed by atoms with E-state index in [9.17, 15) is 0 Å². The molecule has 3 rings (SSSR count). The van der Waals surface area contributed by atoms with Crippen LogP contribution < -0.4 is 5.73 Å². The Morgan fingerprint density at radius 1 is 1.35 bits per heavy atom. The molecule has 0 saturated carbocycles. The fourth-order valence-electron chi connectivity index (χ4n) is 2.28. The lowest BCUT2D eigenvalue weighted by molar-refractivity contribution is 0.130. The highest BCUT2D eigenvalue weighted by molar-refractivity contribution is 5.43. The summed E-state index contributed by atoms with van der Waals surface area (Å²) in [5.74, 6) is 0. The van der Waals surface area contributed by atoms with Crippen molar-refractivity contribution in [1.82, 2.24) is 9.78 Å². The third kappa shape index (κ3) is 1.57. The molecule has 88 valence electrons. The molecule has 0 unspecified atom stereocenters. The van der Waals surface area contributed by atoms with Crippen molar-refractivity contribution in [3.8, 4) is 5.69 Å². The van der Waals surface area contributed by atoms with E-state index in [1.54, 1.807) is 0 Å². The van der Waals surface area contributed by atoms with Crippen molar-refractivity contribution in [2.45, 2.75) is 26.7 Å². The number of aromatic nitrogens is 2. The van der Waals surface area contributed by atoms with Crippen LogP contribution in [-0.4, -0.2) is 9.78 Å². The van der Waals surface area contributed by atoms with E-state index in [2.05, 4.69) is 24.2 Å². The lowest BCUT2D eigenvalue weighted by Crippen LogP contribution is -2.10. The van der Waals surface area contributed by atoms with Gasteiger partial charge in [0.2, 0.25) is 0 Å². The first-order chi connectivity index (χ1) is 8.31. The van der Waals surface area contributed by atoms with Gasteiger partial charge in [-0.3, -0.25) is 0 Å². The number of hydrogen-bond acceptors (Lipinski definition) is 3. The molecule has 1 aliphatic rings. The Labute approximate surface area is 100 Å². The zero-order valence-corrected chi connectivity index (χ0v) is 9.81. The quantitative estimate of drug-likeness (QED) is 0.852. The monoisotopic (exact) mass is 229 g/mol. The lowest BCUT2D eigenvalue weighted by atomic mass is 10.2. The Balaban J connectivity index is 2.19. The minimum Gasteiger partial charge on any atom is -0.370 e. The number of fused-ring (bicyclic) bond motifs is 1. The van der Waals surface area contributed by atoms with Crippen molar-refractivity contribution >= 4 is 0 Å². The van der Waals surface area contributed by atoms with Gasteiger partial charge in [0.15, 0.2) is 0 Å². The highest BCUT2D eigenvalue weighted by atomic mass is 16.5. The van der Waals surface area contributed by atoms with Gasteiger partial charge in [-0.05, 0) is 18.6 Å². The summed E-state index contributed by atoms with van der Waals surface area (Å²) in [6.45, 7) is 3.80. The van der Waals surface area contributed by atoms with Gasteiger partial charge in [0.1, 0.15) is 0 Å². The summed E-state index contributed by atoms with van der Waals surface area (Å²) in [7, 11) is 0. The third-order valence-electron chi connectivity index (χ3n) is 3.20. The average molecular weight is 229 g/mol. The molecule has 17 heavy (non-hydrogen) atoms. The first-order valence-electron chi connectivity index (χ1n) is 5.74. The van der Waals surface area contributed by atoms with Crippen LogP contribution in [0.25, 0.3) is 5.69 Å². The number of benzene rings is 1. The molecule has 0 aliphatic carbocycles. The molecule has 0 bridgehead atoms. The Bertz CT molecular complexity index is 560. The number of nitrogens with zero attached hydrogens (tertiary/aromatic N) is 2. The van der Waals surface area contributed by atoms with Gasteiger partial charge in [0.05, 0.1) is 30.3 Å². The first kappa shape index (κ1) is 10.5. The van der Waals surface area contributed by atoms with Crippen LogP contribution in [-0.2, 0) is 24.5 Å². The molecule has 0 fully saturated rings. The fourth-order valence-corrected chi connectivity index (χ4v) is 2.28. The van der Waals surface area contributed by atoms with Crippen LogP contribution in [0.1, 0.15) is 22.5 Å². The topological polar surface area (TPSA) is 53.1 Å². The summed E-state index contributed by atoms with van der Waals surface area (Å²) in [6, 6.07) is 8.20. The van der Waals surface area contributed by atoms with Gasteiger partial charge in [-0.1, -0.05) is 18.2 Å². The van der Waals surface area contributed by atoms with Crippen LogP contribution >= 0.6 is 0 Å². The summed E-state index contributed by atoms with van der Waals surface area (Å²) in [5, 5.41) is 4.60. The predicted octanol–water partition coefficient (Wildman–Crippen LogP) is 1.67. The third-order valence-corrected chi connectivity index (χ3v) is 3.20. The maximum atomic E-state index is 5.84. The van der Waals surface area contributed by atoms with Crippen LogP contribution in [0.4, 0.5) is 0 Å². The number of hydrogen-bond donors (Lipinski definition) is 1. The van der Waals surface area contributed by atoms with Crippen molar-refractivity contribution in [1.29, 1.82) is 0 Å². The average Bonchev–Trinajstić information content (AvgIpc) is 2.89.